The maximum Gasteiger partial charge on any atom is 0.328 e. The molecule has 0 fully saturated rings. The van der Waals surface area contributed by atoms with Gasteiger partial charge >= 0.3 is 6.03 Å². The van der Waals surface area contributed by atoms with Crippen LogP contribution in [0.3, 0.4) is 0 Å². The third-order valence-electron chi connectivity index (χ3n) is 8.35. The van der Waals surface area contributed by atoms with Crippen molar-refractivity contribution in [2.24, 2.45) is 0 Å². The van der Waals surface area contributed by atoms with Gasteiger partial charge in [-0.05, 0) is 72.8 Å². The molecule has 0 bridgehead atoms. The lowest BCUT2D eigenvalue weighted by atomic mass is 10.4. The normalized spacial score (nSPS) is 10.8. The monoisotopic (exact) mass is 1020 g/mol. The number of benzene rings is 6. The van der Waals surface area contributed by atoms with Gasteiger partial charge in [-0.15, -0.1) is 0 Å². The van der Waals surface area contributed by atoms with E-state index >= 15 is 0 Å². The predicted octanol–water partition coefficient (Wildman–Crippen LogP) is 3.49. The fourth-order valence-corrected chi connectivity index (χ4v) is 16.2. The van der Waals surface area contributed by atoms with Gasteiger partial charge in [0.1, 0.15) is 31.8 Å². The first-order valence-corrected chi connectivity index (χ1v) is 20.8. The van der Waals surface area contributed by atoms with Crippen LogP contribution in [0.1, 0.15) is 0 Å². The molecule has 6 rings (SSSR count). The van der Waals surface area contributed by atoms with E-state index in [2.05, 4.69) is 10.6 Å². The van der Waals surface area contributed by atoms with Crippen LogP contribution < -0.4 is 90.4 Å². The van der Waals surface area contributed by atoms with Crippen molar-refractivity contribution in [2.75, 3.05) is 0 Å². The second kappa shape index (κ2) is 19.8. The van der Waals surface area contributed by atoms with Gasteiger partial charge in [-0.25, -0.2) is 4.79 Å². The Bertz CT molecular complexity index is 1760. The Labute approximate surface area is 360 Å². The van der Waals surface area contributed by atoms with Gasteiger partial charge in [-0.2, -0.15) is 0 Å². The highest BCUT2D eigenvalue weighted by Crippen LogP contribution is 2.64. The van der Waals surface area contributed by atoms with E-state index in [0.717, 1.165) is 31.8 Å². The molecule has 6 aromatic carbocycles. The molecule has 0 heterocycles. The number of halogens is 6. The van der Waals surface area contributed by atoms with E-state index in [1.165, 1.54) is 0 Å². The third kappa shape index (κ3) is 8.59. The van der Waals surface area contributed by atoms with E-state index in [9.17, 15) is 4.79 Å². The molecule has 2 amide bonds. The first kappa shape index (κ1) is 42.3. The molecule has 0 saturated heterocycles. The van der Waals surface area contributed by atoms with Crippen molar-refractivity contribution < 1.29 is 52.7 Å². The highest BCUT2D eigenvalue weighted by atomic mass is 127. The Balaban J connectivity index is 0.00000302. The lowest BCUT2D eigenvalue weighted by Gasteiger charge is -2.31. The molecule has 0 radical (unpaired) electrons. The van der Waals surface area contributed by atoms with Crippen LogP contribution in [0.5, 0.6) is 0 Å². The van der Waals surface area contributed by atoms with Crippen molar-refractivity contribution in [3.05, 3.63) is 202 Å². The molecule has 3 nitrogen and oxygen atoms in total. The summed E-state index contributed by atoms with van der Waals surface area (Å²) >= 11 is 27.5. The molecule has 0 unspecified atom stereocenters. The highest BCUT2D eigenvalue weighted by molar-refractivity contribution is 7.99. The summed E-state index contributed by atoms with van der Waals surface area (Å²) in [5.41, 5.74) is 0.741. The Morgan fingerprint density at radius 1 is 0.346 bits per heavy atom. The van der Waals surface area contributed by atoms with Crippen LogP contribution in [0, 0.1) is 0 Å². The van der Waals surface area contributed by atoms with Gasteiger partial charge in [0.05, 0.1) is 0 Å². The number of hydrogen-bond donors (Lipinski definition) is 2. The maximum atomic E-state index is 14.7. The molecule has 0 aromatic heterocycles. The summed E-state index contributed by atoms with van der Waals surface area (Å²) in [6.45, 7) is 0. The molecule has 11 heteroatoms. The first-order valence-electron chi connectivity index (χ1n) is 15.7. The maximum absolute atomic E-state index is 14.7. The zero-order valence-electron chi connectivity index (χ0n) is 27.4. The van der Waals surface area contributed by atoms with Crippen molar-refractivity contribution in [2.45, 2.75) is 0 Å². The number of hydrogen-bond acceptors (Lipinski definition) is 1. The zero-order valence-corrected chi connectivity index (χ0v) is 36.5. The van der Waals surface area contributed by atoms with Gasteiger partial charge in [0, 0.05) is 0 Å². The number of carbonyl (C=O) groups is 1. The van der Waals surface area contributed by atoms with E-state index < -0.39 is 20.6 Å². The molecule has 0 spiro atoms. The van der Waals surface area contributed by atoms with Gasteiger partial charge in [-0.3, -0.25) is 10.6 Å². The van der Waals surface area contributed by atoms with Crippen LogP contribution in [0.15, 0.2) is 202 Å². The smallest absolute Gasteiger partial charge is 0.328 e. The minimum absolute atomic E-state index is 0. The molecule has 0 atom stereocenters. The molecule has 52 heavy (non-hydrogen) atoms. The summed E-state index contributed by atoms with van der Waals surface area (Å²) in [7, 11) is -5.77. The zero-order chi connectivity index (χ0) is 35.0. The average molecular weight is 1030 g/mol. The van der Waals surface area contributed by atoms with Crippen molar-refractivity contribution >= 4 is 98.8 Å². The van der Waals surface area contributed by atoms with E-state index in [0.29, 0.717) is 10.9 Å². The number of amides is 2. The first-order chi connectivity index (χ1) is 24.4. The van der Waals surface area contributed by atoms with Gasteiger partial charge in [0.15, 0.2) is 23.5 Å². The third-order valence-corrected chi connectivity index (χ3v) is 18.1. The van der Waals surface area contributed by atoms with Crippen LogP contribution in [-0.4, -0.2) is 6.03 Å². The van der Waals surface area contributed by atoms with Crippen molar-refractivity contribution in [3.63, 3.8) is 0 Å². The molecule has 0 saturated carbocycles. The Hall–Kier alpha value is -2.45. The summed E-state index contributed by atoms with van der Waals surface area (Å²) in [5.74, 6) is 0. The van der Waals surface area contributed by atoms with Crippen molar-refractivity contribution in [1.82, 2.24) is 10.6 Å². The van der Waals surface area contributed by atoms with Crippen molar-refractivity contribution in [3.8, 4) is 0 Å². The predicted molar refractivity (Wildman–Crippen MR) is 219 cm³/mol. The molecule has 0 aliphatic carbocycles. The second-order valence-corrected chi connectivity index (χ2v) is 19.7. The minimum Gasteiger partial charge on any atom is -1.00 e. The average Bonchev–Trinajstić information content (AvgIpc) is 3.17. The van der Waals surface area contributed by atoms with Gasteiger partial charge in [0.25, 0.3) is 0 Å². The summed E-state index contributed by atoms with van der Waals surface area (Å²) in [6, 6.07) is 59.4. The van der Waals surface area contributed by atoms with E-state index in [1.54, 1.807) is 0 Å². The van der Waals surface area contributed by atoms with E-state index in [-0.39, 0.29) is 56.9 Å². The lowest BCUT2D eigenvalue weighted by molar-refractivity contribution is -0.001000. The fraction of sp³-hybridized carbons (Fsp3) is 0. The van der Waals surface area contributed by atoms with E-state index in [4.69, 9.17) is 46.4 Å². The van der Waals surface area contributed by atoms with Crippen LogP contribution in [0.2, 0.25) is 0 Å². The fourth-order valence-electron chi connectivity index (χ4n) is 6.34. The Morgan fingerprint density at radius 2 is 0.519 bits per heavy atom. The summed E-state index contributed by atoms with van der Waals surface area (Å²) in [5, 5.41) is 12.0. The van der Waals surface area contributed by atoms with Crippen LogP contribution in [0.25, 0.3) is 0 Å². The lowest BCUT2D eigenvalue weighted by Crippen LogP contribution is -3.00. The summed E-state index contributed by atoms with van der Waals surface area (Å²) in [6.07, 6.45) is 0. The topological polar surface area (TPSA) is 41.1 Å². The van der Waals surface area contributed by atoms with Crippen LogP contribution >= 0.6 is 60.9 Å². The molecule has 0 aliphatic rings. The molecule has 6 aromatic rings. The quantitative estimate of drug-likeness (QED) is 0.161. The van der Waals surface area contributed by atoms with Crippen molar-refractivity contribution in [1.29, 1.82) is 0 Å². The van der Waals surface area contributed by atoms with E-state index in [1.807, 2.05) is 182 Å². The molecule has 264 valence electrons. The SMILES string of the molecule is O=C(NC(=C(Cl)Cl)[P+](c1ccccc1)(c1ccccc1)c1ccccc1)NC(=C(Cl)Cl)[P+](c1ccccc1)(c1ccccc1)c1ccccc1.[I-].[I-]. The molecular weight excluding hydrogens is 994 g/mol. The number of carbonyl (C=O) groups excluding carboxylic acids is 1. The summed E-state index contributed by atoms with van der Waals surface area (Å²) in [4.78, 5) is 14.7. The molecule has 0 aliphatic heterocycles. The van der Waals surface area contributed by atoms with Gasteiger partial charge in [0.2, 0.25) is 10.9 Å². The Morgan fingerprint density at radius 3 is 0.673 bits per heavy atom. The minimum atomic E-state index is -2.88. The largest absolute Gasteiger partial charge is 1.00 e. The number of nitrogens with one attached hydrogen (secondary N) is 2. The highest BCUT2D eigenvalue weighted by Gasteiger charge is 2.54. The van der Waals surface area contributed by atoms with Crippen LogP contribution in [-0.2, 0) is 0 Å². The van der Waals surface area contributed by atoms with Gasteiger partial charge in [-0.1, -0.05) is 156 Å². The number of urea groups is 1. The second-order valence-electron chi connectivity index (χ2n) is 11.2. The molecule has 2 N–H and O–H groups in total. The number of rotatable bonds is 10. The molecular formula is C41H32Cl4I2N2OP2. The summed E-state index contributed by atoms with van der Waals surface area (Å²) < 4.78 is -0.134. The van der Waals surface area contributed by atoms with Gasteiger partial charge < -0.3 is 48.0 Å². The standard InChI is InChI=1S/C41H31Cl4N2OP2.2HI/c42-37(43)39(49(31-19-7-1-8-20-31,32-21-9-2-10-22-32)33-23-11-3-12-24-33)46-41(48)47-40(38(44)45)50(34-25-13-4-14-26-34,35-27-15-5-16-28-35)36-29-17-6-18-30-36;;/h1-30H,(H-,46,47,48);2*1H/q+1;;/p-1. The Kier molecular flexibility index (Phi) is 16.1. The van der Waals surface area contributed by atoms with Crippen LogP contribution in [0.4, 0.5) is 4.79 Å².